The summed E-state index contributed by atoms with van der Waals surface area (Å²) in [6, 6.07) is 0.572. The van der Waals surface area contributed by atoms with Crippen molar-refractivity contribution in [2.24, 2.45) is 29.6 Å². The van der Waals surface area contributed by atoms with Gasteiger partial charge in [-0.15, -0.1) is 0 Å². The Bertz CT molecular complexity index is 321. The van der Waals surface area contributed by atoms with Crippen molar-refractivity contribution in [3.05, 3.63) is 0 Å². The lowest BCUT2D eigenvalue weighted by Crippen LogP contribution is -2.31. The SMILES string of the molecule is O=C(CC1CCNC1)NC1C2C3CCC(C3)C12. The van der Waals surface area contributed by atoms with Crippen LogP contribution in [0.25, 0.3) is 0 Å². The molecule has 0 aromatic carbocycles. The Morgan fingerprint density at radius 2 is 1.94 bits per heavy atom. The van der Waals surface area contributed by atoms with Gasteiger partial charge in [-0.2, -0.15) is 0 Å². The molecule has 4 fully saturated rings. The highest BCUT2D eigenvalue weighted by atomic mass is 16.1. The highest BCUT2D eigenvalue weighted by molar-refractivity contribution is 5.77. The number of carbonyl (C=O) groups is 1. The molecule has 3 saturated carbocycles. The number of carbonyl (C=O) groups excluding carboxylic acids is 1. The van der Waals surface area contributed by atoms with Crippen molar-refractivity contribution in [3.63, 3.8) is 0 Å². The fourth-order valence-corrected chi connectivity index (χ4v) is 4.91. The topological polar surface area (TPSA) is 41.1 Å². The molecule has 2 N–H and O–H groups in total. The van der Waals surface area contributed by atoms with Crippen LogP contribution < -0.4 is 10.6 Å². The lowest BCUT2D eigenvalue weighted by molar-refractivity contribution is -0.122. The summed E-state index contributed by atoms with van der Waals surface area (Å²) in [5.74, 6) is 4.58. The third kappa shape index (κ3) is 1.62. The Morgan fingerprint density at radius 3 is 2.59 bits per heavy atom. The predicted molar refractivity (Wildman–Crippen MR) is 65.3 cm³/mol. The van der Waals surface area contributed by atoms with Gasteiger partial charge in [0.1, 0.15) is 0 Å². The molecule has 1 heterocycles. The lowest BCUT2D eigenvalue weighted by Gasteiger charge is -2.12. The summed E-state index contributed by atoms with van der Waals surface area (Å²) in [6.45, 7) is 2.13. The normalized spacial score (nSPS) is 50.4. The first-order chi connectivity index (χ1) is 8.33. The average Bonchev–Trinajstić information content (AvgIpc) is 2.80. The summed E-state index contributed by atoms with van der Waals surface area (Å²) < 4.78 is 0. The van der Waals surface area contributed by atoms with Gasteiger partial charge in [-0.05, 0) is 68.4 Å². The molecule has 3 aliphatic carbocycles. The number of amides is 1. The highest BCUT2D eigenvalue weighted by Crippen LogP contribution is 2.65. The molecule has 4 rings (SSSR count). The van der Waals surface area contributed by atoms with Crippen LogP contribution in [0.15, 0.2) is 0 Å². The summed E-state index contributed by atoms with van der Waals surface area (Å²) in [5, 5.41) is 6.65. The van der Waals surface area contributed by atoms with Gasteiger partial charge in [-0.25, -0.2) is 0 Å². The standard InChI is InChI=1S/C14H22N2O/c17-11(5-8-3-4-15-7-8)16-14-12-9-1-2-10(6-9)13(12)14/h8-10,12-15H,1-7H2,(H,16,17). The largest absolute Gasteiger partial charge is 0.353 e. The maximum atomic E-state index is 12.0. The minimum atomic E-state index is 0.317. The number of fused-ring (bicyclic) bond motifs is 5. The second kappa shape index (κ2) is 3.71. The first-order valence-electron chi connectivity index (χ1n) is 7.33. The molecule has 2 bridgehead atoms. The first kappa shape index (κ1) is 10.4. The molecule has 1 aliphatic heterocycles. The van der Waals surface area contributed by atoms with E-state index in [2.05, 4.69) is 10.6 Å². The first-order valence-corrected chi connectivity index (χ1v) is 7.33. The fraction of sp³-hybridized carbons (Fsp3) is 0.929. The number of hydrogen-bond acceptors (Lipinski definition) is 2. The van der Waals surface area contributed by atoms with E-state index >= 15 is 0 Å². The van der Waals surface area contributed by atoms with Gasteiger partial charge in [0.05, 0.1) is 0 Å². The summed E-state index contributed by atoms with van der Waals surface area (Å²) in [4.78, 5) is 12.0. The molecule has 94 valence electrons. The molecule has 17 heavy (non-hydrogen) atoms. The molecule has 0 aromatic rings. The smallest absolute Gasteiger partial charge is 0.220 e. The molecular formula is C14H22N2O. The maximum Gasteiger partial charge on any atom is 0.220 e. The van der Waals surface area contributed by atoms with Crippen molar-refractivity contribution >= 4 is 5.91 Å². The molecule has 5 atom stereocenters. The molecule has 3 nitrogen and oxygen atoms in total. The average molecular weight is 234 g/mol. The number of nitrogens with one attached hydrogen (secondary N) is 2. The summed E-state index contributed by atoms with van der Waals surface area (Å²) in [7, 11) is 0. The number of rotatable bonds is 3. The zero-order chi connectivity index (χ0) is 11.4. The molecule has 0 radical (unpaired) electrons. The minimum absolute atomic E-state index is 0.317. The van der Waals surface area contributed by atoms with Crippen LogP contribution in [0.3, 0.4) is 0 Å². The molecule has 3 heteroatoms. The van der Waals surface area contributed by atoms with Gasteiger partial charge in [0.15, 0.2) is 0 Å². The van der Waals surface area contributed by atoms with E-state index < -0.39 is 0 Å². The van der Waals surface area contributed by atoms with Crippen LogP contribution in [0.2, 0.25) is 0 Å². The van der Waals surface area contributed by atoms with E-state index in [0.29, 0.717) is 17.9 Å². The summed E-state index contributed by atoms with van der Waals surface area (Å²) in [5.41, 5.74) is 0. The van der Waals surface area contributed by atoms with Crippen LogP contribution in [0, 0.1) is 29.6 Å². The van der Waals surface area contributed by atoms with Gasteiger partial charge in [-0.1, -0.05) is 0 Å². The molecule has 5 unspecified atom stereocenters. The Labute approximate surface area is 103 Å². The monoisotopic (exact) mass is 234 g/mol. The van der Waals surface area contributed by atoms with E-state index in [1.54, 1.807) is 0 Å². The van der Waals surface area contributed by atoms with E-state index in [-0.39, 0.29) is 0 Å². The Hall–Kier alpha value is -0.570. The van der Waals surface area contributed by atoms with Crippen molar-refractivity contribution in [1.82, 2.24) is 10.6 Å². The Morgan fingerprint density at radius 1 is 1.18 bits per heavy atom. The van der Waals surface area contributed by atoms with Crippen LogP contribution in [-0.4, -0.2) is 25.0 Å². The van der Waals surface area contributed by atoms with E-state index in [4.69, 9.17) is 0 Å². The lowest BCUT2D eigenvalue weighted by atomic mass is 10.0. The van der Waals surface area contributed by atoms with Crippen LogP contribution in [0.4, 0.5) is 0 Å². The van der Waals surface area contributed by atoms with Crippen molar-refractivity contribution in [2.45, 2.75) is 38.1 Å². The predicted octanol–water partition coefficient (Wildman–Crippen LogP) is 1.15. The molecule has 1 amide bonds. The van der Waals surface area contributed by atoms with Crippen molar-refractivity contribution in [1.29, 1.82) is 0 Å². The molecule has 1 saturated heterocycles. The van der Waals surface area contributed by atoms with Gasteiger partial charge < -0.3 is 10.6 Å². The number of hydrogen-bond donors (Lipinski definition) is 2. The summed E-state index contributed by atoms with van der Waals surface area (Å²) in [6.07, 6.45) is 6.26. The van der Waals surface area contributed by atoms with Crippen molar-refractivity contribution in [2.75, 3.05) is 13.1 Å². The minimum Gasteiger partial charge on any atom is -0.353 e. The second-order valence-corrected chi connectivity index (χ2v) is 6.64. The molecule has 0 aromatic heterocycles. The van der Waals surface area contributed by atoms with Gasteiger partial charge in [-0.3, -0.25) is 4.79 Å². The van der Waals surface area contributed by atoms with Gasteiger partial charge in [0.2, 0.25) is 5.91 Å². The molecule has 0 spiro atoms. The zero-order valence-corrected chi connectivity index (χ0v) is 10.3. The van der Waals surface area contributed by atoms with Crippen LogP contribution in [-0.2, 0) is 4.79 Å². The van der Waals surface area contributed by atoms with E-state index in [0.717, 1.165) is 43.2 Å². The Kier molecular flexibility index (Phi) is 2.26. The second-order valence-electron chi connectivity index (χ2n) is 6.64. The van der Waals surface area contributed by atoms with Crippen LogP contribution in [0.1, 0.15) is 32.1 Å². The fourth-order valence-electron chi connectivity index (χ4n) is 4.91. The van der Waals surface area contributed by atoms with Crippen molar-refractivity contribution < 1.29 is 4.79 Å². The maximum absolute atomic E-state index is 12.0. The summed E-state index contributed by atoms with van der Waals surface area (Å²) >= 11 is 0. The van der Waals surface area contributed by atoms with Gasteiger partial charge in [0, 0.05) is 12.5 Å². The van der Waals surface area contributed by atoms with Crippen LogP contribution in [0.5, 0.6) is 0 Å². The Balaban J connectivity index is 1.30. The zero-order valence-electron chi connectivity index (χ0n) is 10.3. The van der Waals surface area contributed by atoms with E-state index in [1.807, 2.05) is 0 Å². The van der Waals surface area contributed by atoms with E-state index in [1.165, 1.54) is 25.7 Å². The van der Waals surface area contributed by atoms with Gasteiger partial charge >= 0.3 is 0 Å². The third-order valence-electron chi connectivity index (χ3n) is 5.70. The van der Waals surface area contributed by atoms with E-state index in [9.17, 15) is 4.79 Å². The molecule has 4 aliphatic rings. The third-order valence-corrected chi connectivity index (χ3v) is 5.70. The molecular weight excluding hydrogens is 212 g/mol. The highest BCUT2D eigenvalue weighted by Gasteiger charge is 2.65. The van der Waals surface area contributed by atoms with Crippen LogP contribution >= 0.6 is 0 Å². The van der Waals surface area contributed by atoms with Crippen molar-refractivity contribution in [3.8, 4) is 0 Å². The van der Waals surface area contributed by atoms with Gasteiger partial charge in [0.25, 0.3) is 0 Å². The quantitative estimate of drug-likeness (QED) is 0.769.